The highest BCUT2D eigenvalue weighted by Gasteiger charge is 2.41. The topological polar surface area (TPSA) is 64.1 Å². The van der Waals surface area contributed by atoms with Gasteiger partial charge < -0.3 is 14.9 Å². The summed E-state index contributed by atoms with van der Waals surface area (Å²) in [6.45, 7) is 7.16. The Bertz CT molecular complexity index is 616. The van der Waals surface area contributed by atoms with Crippen LogP contribution in [0.3, 0.4) is 0 Å². The van der Waals surface area contributed by atoms with Gasteiger partial charge in [0.05, 0.1) is 11.5 Å². The smallest absolute Gasteiger partial charge is 0.407 e. The lowest BCUT2D eigenvalue weighted by Crippen LogP contribution is -2.59. The Hall–Kier alpha value is -2.08. The highest BCUT2D eigenvalue weighted by atomic mass is 16.4. The monoisotopic (exact) mass is 347 g/mol. The Morgan fingerprint density at radius 3 is 2.28 bits per heavy atom. The van der Waals surface area contributed by atoms with E-state index in [-0.39, 0.29) is 18.0 Å². The summed E-state index contributed by atoms with van der Waals surface area (Å²) < 4.78 is 0. The van der Waals surface area contributed by atoms with E-state index in [1.807, 2.05) is 75.0 Å². The van der Waals surface area contributed by atoms with Crippen molar-refractivity contribution in [1.29, 1.82) is 0 Å². The van der Waals surface area contributed by atoms with Gasteiger partial charge in [0, 0.05) is 25.7 Å². The molecule has 138 valence electrons. The number of hydrogen-bond acceptors (Lipinski definition) is 3. The van der Waals surface area contributed by atoms with Crippen LogP contribution in [0.15, 0.2) is 30.3 Å². The molecule has 1 fully saturated rings. The second-order valence-corrected chi connectivity index (χ2v) is 7.79. The maximum Gasteiger partial charge on any atom is 0.407 e. The SMILES string of the molecule is C[C@@H]1CN(C(=O)O)[C@@H](c2ccccc2)CN1C(=O)C(C)(C)CN(C)C. The molecule has 0 spiro atoms. The van der Waals surface area contributed by atoms with Crippen molar-refractivity contribution < 1.29 is 14.7 Å². The van der Waals surface area contributed by atoms with E-state index >= 15 is 0 Å². The maximum atomic E-state index is 13.2. The minimum Gasteiger partial charge on any atom is -0.465 e. The van der Waals surface area contributed by atoms with Crippen molar-refractivity contribution >= 4 is 12.0 Å². The van der Waals surface area contributed by atoms with E-state index in [4.69, 9.17) is 0 Å². The van der Waals surface area contributed by atoms with E-state index in [2.05, 4.69) is 0 Å². The zero-order chi connectivity index (χ0) is 18.8. The lowest BCUT2D eigenvalue weighted by Gasteiger charge is -2.46. The van der Waals surface area contributed by atoms with Gasteiger partial charge in [-0.25, -0.2) is 4.79 Å². The lowest BCUT2D eigenvalue weighted by atomic mass is 9.89. The molecule has 0 aromatic heterocycles. The predicted molar refractivity (Wildman–Crippen MR) is 97.4 cm³/mol. The second-order valence-electron chi connectivity index (χ2n) is 7.79. The summed E-state index contributed by atoms with van der Waals surface area (Å²) in [6.07, 6.45) is -0.944. The van der Waals surface area contributed by atoms with Gasteiger partial charge in [0.25, 0.3) is 0 Å². The fraction of sp³-hybridized carbons (Fsp3) is 0.579. The summed E-state index contributed by atoms with van der Waals surface area (Å²) in [4.78, 5) is 30.2. The minimum atomic E-state index is -0.944. The molecule has 1 aromatic carbocycles. The molecule has 2 atom stereocenters. The summed E-state index contributed by atoms with van der Waals surface area (Å²) in [7, 11) is 3.90. The maximum absolute atomic E-state index is 13.2. The van der Waals surface area contributed by atoms with Crippen molar-refractivity contribution in [2.75, 3.05) is 33.7 Å². The molecule has 0 aliphatic carbocycles. The molecule has 2 amide bonds. The minimum absolute atomic E-state index is 0.0691. The second kappa shape index (κ2) is 7.44. The van der Waals surface area contributed by atoms with Crippen molar-refractivity contribution in [3.05, 3.63) is 35.9 Å². The van der Waals surface area contributed by atoms with E-state index in [0.29, 0.717) is 19.6 Å². The van der Waals surface area contributed by atoms with Crippen LogP contribution in [0.25, 0.3) is 0 Å². The number of nitrogens with zero attached hydrogens (tertiary/aromatic N) is 3. The van der Waals surface area contributed by atoms with Crippen LogP contribution in [-0.2, 0) is 4.79 Å². The molecule has 6 nitrogen and oxygen atoms in total. The van der Waals surface area contributed by atoms with E-state index in [1.165, 1.54) is 4.90 Å². The van der Waals surface area contributed by atoms with Gasteiger partial charge in [0.15, 0.2) is 0 Å². The van der Waals surface area contributed by atoms with Gasteiger partial charge in [-0.3, -0.25) is 9.69 Å². The van der Waals surface area contributed by atoms with Gasteiger partial charge in [-0.1, -0.05) is 30.3 Å². The molecule has 1 saturated heterocycles. The third-order valence-corrected chi connectivity index (χ3v) is 4.72. The van der Waals surface area contributed by atoms with E-state index < -0.39 is 11.5 Å². The molecule has 6 heteroatoms. The Morgan fingerprint density at radius 2 is 1.76 bits per heavy atom. The standard InChI is InChI=1S/C19H29N3O3/c1-14-11-22(18(24)25)16(15-9-7-6-8-10-15)12-21(14)17(23)19(2,3)13-20(4)5/h6-10,14,16H,11-13H2,1-5H3,(H,24,25)/t14-,16-/m1/s1. The molecule has 2 rings (SSSR count). The van der Waals surface area contributed by atoms with Gasteiger partial charge in [0.2, 0.25) is 5.91 Å². The van der Waals surface area contributed by atoms with Crippen molar-refractivity contribution in [2.45, 2.75) is 32.9 Å². The third-order valence-electron chi connectivity index (χ3n) is 4.72. The Morgan fingerprint density at radius 1 is 1.16 bits per heavy atom. The van der Waals surface area contributed by atoms with Crippen LogP contribution < -0.4 is 0 Å². The molecule has 1 aliphatic rings. The average molecular weight is 347 g/mol. The normalized spacial score (nSPS) is 21.5. The van der Waals surface area contributed by atoms with Crippen LogP contribution in [0, 0.1) is 5.41 Å². The van der Waals surface area contributed by atoms with Gasteiger partial charge in [0.1, 0.15) is 0 Å². The zero-order valence-electron chi connectivity index (χ0n) is 15.8. The number of carboxylic acid groups (broad SMARTS) is 1. The quantitative estimate of drug-likeness (QED) is 0.909. The number of hydrogen-bond donors (Lipinski definition) is 1. The van der Waals surface area contributed by atoms with Crippen molar-refractivity contribution in [1.82, 2.24) is 14.7 Å². The fourth-order valence-electron chi connectivity index (χ4n) is 3.68. The number of benzene rings is 1. The van der Waals surface area contributed by atoms with Crippen molar-refractivity contribution in [3.8, 4) is 0 Å². The third kappa shape index (κ3) is 4.31. The van der Waals surface area contributed by atoms with E-state index in [9.17, 15) is 14.7 Å². The molecule has 0 unspecified atom stereocenters. The van der Waals surface area contributed by atoms with E-state index in [1.54, 1.807) is 0 Å². The van der Waals surface area contributed by atoms with Gasteiger partial charge in [-0.2, -0.15) is 0 Å². The molecule has 0 radical (unpaired) electrons. The first-order valence-electron chi connectivity index (χ1n) is 8.64. The van der Waals surface area contributed by atoms with Crippen molar-refractivity contribution in [3.63, 3.8) is 0 Å². The van der Waals surface area contributed by atoms with Crippen LogP contribution in [-0.4, -0.2) is 71.6 Å². The summed E-state index contributed by atoms with van der Waals surface area (Å²) in [6, 6.07) is 9.06. The molecule has 1 heterocycles. The Balaban J connectivity index is 2.29. The van der Waals surface area contributed by atoms with Crippen LogP contribution in [0.4, 0.5) is 4.79 Å². The number of carbonyl (C=O) groups is 2. The average Bonchev–Trinajstić information content (AvgIpc) is 2.53. The first-order valence-corrected chi connectivity index (χ1v) is 8.64. The molecule has 25 heavy (non-hydrogen) atoms. The number of amides is 2. The van der Waals surface area contributed by atoms with Gasteiger partial charge >= 0.3 is 6.09 Å². The molecule has 1 N–H and O–H groups in total. The van der Waals surface area contributed by atoms with Crippen LogP contribution in [0.5, 0.6) is 0 Å². The first-order chi connectivity index (χ1) is 11.6. The van der Waals surface area contributed by atoms with Gasteiger partial charge in [-0.05, 0) is 40.4 Å². The Kier molecular flexibility index (Phi) is 5.72. The zero-order valence-corrected chi connectivity index (χ0v) is 15.8. The van der Waals surface area contributed by atoms with Crippen LogP contribution in [0.1, 0.15) is 32.4 Å². The number of piperazine rings is 1. The van der Waals surface area contributed by atoms with Crippen LogP contribution >= 0.6 is 0 Å². The summed E-state index contributed by atoms with van der Waals surface area (Å²) in [5.74, 6) is 0.0691. The van der Waals surface area contributed by atoms with E-state index in [0.717, 1.165) is 5.56 Å². The summed E-state index contributed by atoms with van der Waals surface area (Å²) in [5, 5.41) is 9.61. The molecule has 1 aromatic rings. The summed E-state index contributed by atoms with van der Waals surface area (Å²) in [5.41, 5.74) is 0.393. The molecule has 0 saturated carbocycles. The largest absolute Gasteiger partial charge is 0.465 e. The molecular weight excluding hydrogens is 318 g/mol. The number of rotatable bonds is 4. The highest BCUT2D eigenvalue weighted by molar-refractivity contribution is 5.83. The first kappa shape index (κ1) is 19.2. The summed E-state index contributed by atoms with van der Waals surface area (Å²) >= 11 is 0. The van der Waals surface area contributed by atoms with Gasteiger partial charge in [-0.15, -0.1) is 0 Å². The lowest BCUT2D eigenvalue weighted by molar-refractivity contribution is -0.147. The predicted octanol–water partition coefficient (Wildman–Crippen LogP) is 2.53. The Labute approximate surface area is 150 Å². The van der Waals surface area contributed by atoms with Crippen molar-refractivity contribution in [2.24, 2.45) is 5.41 Å². The van der Waals surface area contributed by atoms with Crippen LogP contribution in [0.2, 0.25) is 0 Å². The number of carbonyl (C=O) groups excluding carboxylic acids is 1. The fourth-order valence-corrected chi connectivity index (χ4v) is 3.68. The molecular formula is C19H29N3O3. The molecule has 1 aliphatic heterocycles. The molecule has 0 bridgehead atoms. The highest BCUT2D eigenvalue weighted by Crippen LogP contribution is 2.31.